The number of nitrogens with two attached hydrogens (primary N) is 1. The summed E-state index contributed by atoms with van der Waals surface area (Å²) in [6.45, 7) is 8.00. The van der Waals surface area contributed by atoms with Gasteiger partial charge in [-0.15, -0.1) is 0 Å². The van der Waals surface area contributed by atoms with Crippen molar-refractivity contribution in [1.29, 1.82) is 0 Å². The molecular formula is C33H44N8O3. The molecule has 3 aliphatic rings. The first-order chi connectivity index (χ1) is 21.5. The van der Waals surface area contributed by atoms with Gasteiger partial charge in [0.2, 0.25) is 0 Å². The number of ether oxygens (including phenoxy) is 2. The highest BCUT2D eigenvalue weighted by Crippen LogP contribution is 2.36. The molecule has 0 aliphatic carbocycles. The molecule has 0 radical (unpaired) electrons. The molecule has 3 fully saturated rings. The number of amides is 1. The lowest BCUT2D eigenvalue weighted by atomic mass is 10.0. The van der Waals surface area contributed by atoms with Gasteiger partial charge in [-0.1, -0.05) is 30.3 Å². The number of nitrogens with one attached hydrogen (secondary N) is 2. The number of nitrogens with zero attached hydrogens (tertiary/aromatic N) is 5. The van der Waals surface area contributed by atoms with E-state index < -0.39 is 5.91 Å². The quantitative estimate of drug-likeness (QED) is 0.334. The van der Waals surface area contributed by atoms with Crippen LogP contribution in [0.15, 0.2) is 48.5 Å². The van der Waals surface area contributed by atoms with Gasteiger partial charge in [-0.2, -0.15) is 0 Å². The Hall–Kier alpha value is -3.93. The molecule has 0 spiro atoms. The van der Waals surface area contributed by atoms with Gasteiger partial charge in [-0.3, -0.25) is 9.69 Å². The molecule has 3 saturated heterocycles. The van der Waals surface area contributed by atoms with E-state index in [1.54, 1.807) is 7.11 Å². The van der Waals surface area contributed by atoms with Gasteiger partial charge in [0.1, 0.15) is 11.4 Å². The smallest absolute Gasteiger partial charge is 0.271 e. The number of likely N-dealkylation sites (N-methyl/N-ethyl adjacent to an activating group) is 1. The zero-order chi connectivity index (χ0) is 30.5. The molecular weight excluding hydrogens is 556 g/mol. The maximum absolute atomic E-state index is 12.7. The second-order valence-electron chi connectivity index (χ2n) is 11.9. The molecule has 0 unspecified atom stereocenters. The van der Waals surface area contributed by atoms with Crippen LogP contribution in [-0.2, 0) is 4.74 Å². The van der Waals surface area contributed by atoms with Crippen LogP contribution in [0.1, 0.15) is 36.2 Å². The average molecular weight is 601 g/mol. The van der Waals surface area contributed by atoms with Crippen LogP contribution < -0.4 is 26.0 Å². The Bertz CT molecular complexity index is 1420. The lowest BCUT2D eigenvalue weighted by Crippen LogP contribution is -2.52. The minimum atomic E-state index is -0.659. The molecule has 3 aromatic rings. The van der Waals surface area contributed by atoms with E-state index in [0.717, 1.165) is 76.2 Å². The number of carbonyl (C=O) groups is 1. The van der Waals surface area contributed by atoms with Gasteiger partial charge >= 0.3 is 0 Å². The molecule has 11 nitrogen and oxygen atoms in total. The van der Waals surface area contributed by atoms with Gasteiger partial charge in [0.15, 0.2) is 17.3 Å². The molecule has 4 N–H and O–H groups in total. The summed E-state index contributed by atoms with van der Waals surface area (Å²) in [4.78, 5) is 29.8. The van der Waals surface area contributed by atoms with Crippen LogP contribution in [-0.4, -0.2) is 104 Å². The van der Waals surface area contributed by atoms with Crippen LogP contribution >= 0.6 is 0 Å². The van der Waals surface area contributed by atoms with Crippen molar-refractivity contribution in [2.45, 2.75) is 37.8 Å². The Kier molecular flexibility index (Phi) is 9.44. The topological polar surface area (TPSA) is 121 Å². The van der Waals surface area contributed by atoms with E-state index in [9.17, 15) is 4.79 Å². The van der Waals surface area contributed by atoms with E-state index >= 15 is 0 Å². The van der Waals surface area contributed by atoms with Crippen LogP contribution in [0.3, 0.4) is 0 Å². The molecule has 44 heavy (non-hydrogen) atoms. The van der Waals surface area contributed by atoms with E-state index in [1.165, 1.54) is 0 Å². The van der Waals surface area contributed by atoms with Crippen molar-refractivity contribution >= 4 is 28.9 Å². The summed E-state index contributed by atoms with van der Waals surface area (Å²) in [5, 5.41) is 6.88. The molecule has 0 saturated carbocycles. The van der Waals surface area contributed by atoms with Crippen molar-refractivity contribution in [2.24, 2.45) is 5.73 Å². The van der Waals surface area contributed by atoms with E-state index in [2.05, 4.69) is 44.5 Å². The predicted octanol–water partition coefficient (Wildman–Crippen LogP) is 3.80. The fourth-order valence-electron chi connectivity index (χ4n) is 6.41. The maximum atomic E-state index is 12.7. The maximum Gasteiger partial charge on any atom is 0.271 e. The highest BCUT2D eigenvalue weighted by molar-refractivity contribution is 5.98. The summed E-state index contributed by atoms with van der Waals surface area (Å²) < 4.78 is 11.4. The third kappa shape index (κ3) is 6.90. The van der Waals surface area contributed by atoms with Crippen LogP contribution in [0.4, 0.5) is 23.0 Å². The van der Waals surface area contributed by atoms with Gasteiger partial charge in [-0.05, 0) is 44.9 Å². The zero-order valence-corrected chi connectivity index (χ0v) is 25.8. The van der Waals surface area contributed by atoms with Crippen LogP contribution in [0.5, 0.6) is 5.75 Å². The summed E-state index contributed by atoms with van der Waals surface area (Å²) in [7, 11) is 3.86. The van der Waals surface area contributed by atoms with Crippen LogP contribution in [0, 0.1) is 0 Å². The fraction of sp³-hybridized carbons (Fsp3) is 0.485. The first-order valence-corrected chi connectivity index (χ1v) is 15.7. The SMILES string of the molecule is COc1cc(N2CCC(N3CCN(C)CC3)CC2)ccc1Nc1nc(NC2CCOCC2)c(-c2ccccc2)nc1C(N)=O. The van der Waals surface area contributed by atoms with Crippen molar-refractivity contribution in [1.82, 2.24) is 19.8 Å². The van der Waals surface area contributed by atoms with Gasteiger partial charge in [0, 0.05) is 81.9 Å². The van der Waals surface area contributed by atoms with Gasteiger partial charge in [-0.25, -0.2) is 9.97 Å². The normalized spacial score (nSPS) is 19.1. The Morgan fingerprint density at radius 1 is 0.932 bits per heavy atom. The summed E-state index contributed by atoms with van der Waals surface area (Å²) >= 11 is 0. The number of benzene rings is 2. The predicted molar refractivity (Wildman–Crippen MR) is 174 cm³/mol. The number of primary amides is 1. The number of aromatic nitrogens is 2. The van der Waals surface area contributed by atoms with Gasteiger partial charge in [0.25, 0.3) is 5.91 Å². The summed E-state index contributed by atoms with van der Waals surface area (Å²) in [5.41, 5.74) is 9.15. The van der Waals surface area contributed by atoms with E-state index in [1.807, 2.05) is 36.4 Å². The number of anilines is 4. The lowest BCUT2D eigenvalue weighted by molar-refractivity contribution is 0.0904. The van der Waals surface area contributed by atoms with Crippen molar-refractivity contribution in [2.75, 3.05) is 82.2 Å². The van der Waals surface area contributed by atoms with Gasteiger partial charge < -0.3 is 35.6 Å². The third-order valence-electron chi connectivity index (χ3n) is 9.06. The number of hydrogen-bond donors (Lipinski definition) is 3. The molecule has 1 amide bonds. The van der Waals surface area contributed by atoms with E-state index in [4.69, 9.17) is 25.2 Å². The first-order valence-electron chi connectivity index (χ1n) is 15.7. The minimum absolute atomic E-state index is 0.0680. The lowest BCUT2D eigenvalue weighted by Gasteiger charge is -2.42. The van der Waals surface area contributed by atoms with Crippen molar-refractivity contribution in [3.05, 3.63) is 54.2 Å². The number of methoxy groups -OCH3 is 1. The number of piperazine rings is 1. The number of hydrogen-bond acceptors (Lipinski definition) is 10. The van der Waals surface area contributed by atoms with Crippen molar-refractivity contribution < 1.29 is 14.3 Å². The van der Waals surface area contributed by atoms with E-state index in [0.29, 0.717) is 42.2 Å². The van der Waals surface area contributed by atoms with Crippen molar-refractivity contribution in [3.63, 3.8) is 0 Å². The molecule has 2 aromatic carbocycles. The molecule has 0 bridgehead atoms. The zero-order valence-electron chi connectivity index (χ0n) is 25.8. The van der Waals surface area contributed by atoms with Crippen LogP contribution in [0.2, 0.25) is 0 Å². The van der Waals surface area contributed by atoms with Gasteiger partial charge in [0.05, 0.1) is 12.8 Å². The number of carbonyl (C=O) groups excluding carboxylic acids is 1. The molecule has 3 aliphatic heterocycles. The number of rotatable bonds is 9. The summed E-state index contributed by atoms with van der Waals surface area (Å²) in [6, 6.07) is 16.7. The van der Waals surface area contributed by atoms with Crippen molar-refractivity contribution in [3.8, 4) is 17.0 Å². The molecule has 6 rings (SSSR count). The number of piperidine rings is 1. The monoisotopic (exact) mass is 600 g/mol. The van der Waals surface area contributed by atoms with Crippen LogP contribution in [0.25, 0.3) is 11.3 Å². The standard InChI is InChI=1S/C33H44N8O3/c1-39-16-18-41(19-17-39)25-10-14-40(15-11-25)26-8-9-27(28(22-26)43-2)36-33-30(31(34)42)37-29(23-6-4-3-5-7-23)32(38-33)35-24-12-20-44-21-13-24/h3-9,22,24-25H,10-21H2,1-2H3,(H2,34,42)(H2,35,36,38). The molecule has 1 aromatic heterocycles. The first kappa shape index (κ1) is 30.1. The highest BCUT2D eigenvalue weighted by atomic mass is 16.5. The Morgan fingerprint density at radius 2 is 1.66 bits per heavy atom. The highest BCUT2D eigenvalue weighted by Gasteiger charge is 2.28. The average Bonchev–Trinajstić information content (AvgIpc) is 3.06. The minimum Gasteiger partial charge on any atom is -0.494 e. The largest absolute Gasteiger partial charge is 0.494 e. The second kappa shape index (κ2) is 13.8. The molecule has 234 valence electrons. The summed E-state index contributed by atoms with van der Waals surface area (Å²) in [6.07, 6.45) is 4.02. The third-order valence-corrected chi connectivity index (χ3v) is 9.06. The fourth-order valence-corrected chi connectivity index (χ4v) is 6.41. The molecule has 4 heterocycles. The Morgan fingerprint density at radius 3 is 2.34 bits per heavy atom. The van der Waals surface area contributed by atoms with E-state index in [-0.39, 0.29) is 17.6 Å². The Balaban J connectivity index is 1.23. The summed E-state index contributed by atoms with van der Waals surface area (Å²) in [5.74, 6) is 0.876. The molecule has 0 atom stereocenters. The Labute approximate surface area is 259 Å². The molecule has 11 heteroatoms. The second-order valence-corrected chi connectivity index (χ2v) is 11.9.